The highest BCUT2D eigenvalue weighted by molar-refractivity contribution is 7.93. The molecule has 11 nitrogen and oxygen atoms in total. The molecule has 13 heteroatoms. The maximum absolute atomic E-state index is 13.8. The van der Waals surface area contributed by atoms with Crippen LogP contribution in [0.4, 0.5) is 17.1 Å². The molecule has 2 N–H and O–H groups in total. The van der Waals surface area contributed by atoms with Crippen LogP contribution in [0.25, 0.3) is 0 Å². The summed E-state index contributed by atoms with van der Waals surface area (Å²) in [6.07, 6.45) is 0. The molecule has 0 atom stereocenters. The van der Waals surface area contributed by atoms with Gasteiger partial charge in [0.2, 0.25) is 5.91 Å². The molecular formula is C31H33N3O8S2. The number of sulfonamides is 2. The lowest BCUT2D eigenvalue weighted by atomic mass is 10.2. The first-order valence-electron chi connectivity index (χ1n) is 13.3. The molecule has 0 heterocycles. The van der Waals surface area contributed by atoms with E-state index < -0.39 is 32.5 Å². The van der Waals surface area contributed by atoms with E-state index in [0.29, 0.717) is 11.5 Å². The van der Waals surface area contributed by atoms with E-state index in [1.807, 2.05) is 13.8 Å². The molecule has 0 aliphatic heterocycles. The fourth-order valence-electron chi connectivity index (χ4n) is 4.28. The predicted molar refractivity (Wildman–Crippen MR) is 169 cm³/mol. The van der Waals surface area contributed by atoms with Gasteiger partial charge in [-0.05, 0) is 80.1 Å². The summed E-state index contributed by atoms with van der Waals surface area (Å²) in [6.45, 7) is 3.04. The molecule has 0 spiro atoms. The summed E-state index contributed by atoms with van der Waals surface area (Å²) in [7, 11) is -3.96. The van der Waals surface area contributed by atoms with Crippen molar-refractivity contribution < 1.29 is 35.8 Å². The first kappa shape index (κ1) is 32.2. The number of nitrogens with zero attached hydrogens (tertiary/aromatic N) is 1. The van der Waals surface area contributed by atoms with Gasteiger partial charge < -0.3 is 19.5 Å². The molecule has 4 aromatic rings. The molecule has 0 saturated carbocycles. The number of aryl methyl sites for hydroxylation is 2. The van der Waals surface area contributed by atoms with E-state index in [4.69, 9.17) is 14.2 Å². The Morgan fingerprint density at radius 3 is 1.91 bits per heavy atom. The quantitative estimate of drug-likeness (QED) is 0.222. The number of rotatable bonds is 12. The molecule has 232 valence electrons. The van der Waals surface area contributed by atoms with Crippen LogP contribution in [0.2, 0.25) is 0 Å². The minimum absolute atomic E-state index is 0.0203. The van der Waals surface area contributed by atoms with Crippen molar-refractivity contribution in [2.24, 2.45) is 0 Å². The lowest BCUT2D eigenvalue weighted by Crippen LogP contribution is -2.38. The number of nitrogens with one attached hydrogen (secondary N) is 2. The summed E-state index contributed by atoms with van der Waals surface area (Å²) in [4.78, 5) is 13.2. The first-order valence-corrected chi connectivity index (χ1v) is 16.2. The number of ether oxygens (including phenoxy) is 3. The van der Waals surface area contributed by atoms with Gasteiger partial charge in [0.05, 0.1) is 42.5 Å². The van der Waals surface area contributed by atoms with E-state index in [9.17, 15) is 21.6 Å². The predicted octanol–water partition coefficient (Wildman–Crippen LogP) is 4.96. The van der Waals surface area contributed by atoms with Crippen molar-refractivity contribution in [1.82, 2.24) is 0 Å². The van der Waals surface area contributed by atoms with Gasteiger partial charge in [0.25, 0.3) is 20.0 Å². The Labute approximate surface area is 257 Å². The SMILES string of the molecule is COc1ccc(OC)c(N(CC(=O)Nc2ccc(S(=O)(=O)Nc3cc(C)ccc3OC)cc2)S(=O)(=O)c2ccc(C)cc2)c1. The van der Waals surface area contributed by atoms with Crippen LogP contribution in [0, 0.1) is 13.8 Å². The highest BCUT2D eigenvalue weighted by Crippen LogP contribution is 2.36. The molecule has 4 rings (SSSR count). The standard InChI is InChI=1S/C31H33N3O8S2/c1-21-6-12-26(13-7-21)44(38,39)34(28-19-24(40-3)11-17-30(28)42-5)20-31(35)32-23-9-14-25(15-10-23)43(36,37)33-27-18-22(2)8-16-29(27)41-4/h6-19,33H,20H2,1-5H3,(H,32,35). The Balaban J connectivity index is 1.60. The topological polar surface area (TPSA) is 140 Å². The number of hydrogen-bond donors (Lipinski definition) is 2. The van der Waals surface area contributed by atoms with Crippen LogP contribution in [0.15, 0.2) is 94.7 Å². The number of methoxy groups -OCH3 is 3. The second kappa shape index (κ2) is 13.3. The van der Waals surface area contributed by atoms with E-state index in [-0.39, 0.29) is 32.6 Å². The second-order valence-electron chi connectivity index (χ2n) is 9.74. The van der Waals surface area contributed by atoms with Gasteiger partial charge >= 0.3 is 0 Å². The zero-order chi connectivity index (χ0) is 32.1. The Morgan fingerprint density at radius 1 is 0.705 bits per heavy atom. The van der Waals surface area contributed by atoms with Crippen LogP contribution in [-0.2, 0) is 24.8 Å². The van der Waals surface area contributed by atoms with Crippen molar-refractivity contribution >= 4 is 43.0 Å². The van der Waals surface area contributed by atoms with Crippen LogP contribution >= 0.6 is 0 Å². The van der Waals surface area contributed by atoms with Crippen molar-refractivity contribution in [3.63, 3.8) is 0 Å². The van der Waals surface area contributed by atoms with E-state index in [2.05, 4.69) is 10.0 Å². The third-order valence-corrected chi connectivity index (χ3v) is 9.75. The zero-order valence-electron chi connectivity index (χ0n) is 24.8. The van der Waals surface area contributed by atoms with Gasteiger partial charge in [-0.2, -0.15) is 0 Å². The summed E-state index contributed by atoms with van der Waals surface area (Å²) in [5, 5.41) is 2.64. The van der Waals surface area contributed by atoms with E-state index in [0.717, 1.165) is 15.4 Å². The average Bonchev–Trinajstić information content (AvgIpc) is 3.00. The molecule has 0 fully saturated rings. The molecule has 0 bridgehead atoms. The maximum atomic E-state index is 13.8. The van der Waals surface area contributed by atoms with Gasteiger partial charge in [0.15, 0.2) is 0 Å². The number of amides is 1. The molecule has 0 radical (unpaired) electrons. The summed E-state index contributed by atoms with van der Waals surface area (Å²) < 4.78 is 73.2. The van der Waals surface area contributed by atoms with Crippen LogP contribution in [-0.4, -0.2) is 50.6 Å². The van der Waals surface area contributed by atoms with Gasteiger partial charge in [-0.15, -0.1) is 0 Å². The van der Waals surface area contributed by atoms with E-state index in [1.165, 1.54) is 63.8 Å². The number of benzene rings is 4. The van der Waals surface area contributed by atoms with Crippen molar-refractivity contribution in [3.8, 4) is 17.2 Å². The fraction of sp³-hybridized carbons (Fsp3) is 0.194. The zero-order valence-corrected chi connectivity index (χ0v) is 26.5. The molecular weight excluding hydrogens is 606 g/mol. The summed E-state index contributed by atoms with van der Waals surface area (Å²) in [5.74, 6) is 0.255. The Hall–Kier alpha value is -4.75. The van der Waals surface area contributed by atoms with Crippen LogP contribution < -0.4 is 28.6 Å². The molecule has 0 unspecified atom stereocenters. The van der Waals surface area contributed by atoms with Crippen molar-refractivity contribution in [1.29, 1.82) is 0 Å². The molecule has 0 aliphatic rings. The highest BCUT2D eigenvalue weighted by Gasteiger charge is 2.30. The van der Waals surface area contributed by atoms with Gasteiger partial charge in [0, 0.05) is 11.8 Å². The number of carbonyl (C=O) groups is 1. The largest absolute Gasteiger partial charge is 0.497 e. The molecule has 4 aromatic carbocycles. The fourth-order valence-corrected chi connectivity index (χ4v) is 6.77. The minimum atomic E-state index is -4.24. The molecule has 0 aliphatic carbocycles. The first-order chi connectivity index (χ1) is 20.9. The van der Waals surface area contributed by atoms with E-state index in [1.54, 1.807) is 42.5 Å². The minimum Gasteiger partial charge on any atom is -0.497 e. The van der Waals surface area contributed by atoms with E-state index >= 15 is 0 Å². The highest BCUT2D eigenvalue weighted by atomic mass is 32.2. The molecule has 44 heavy (non-hydrogen) atoms. The average molecular weight is 640 g/mol. The van der Waals surface area contributed by atoms with Crippen molar-refractivity contribution in [2.75, 3.05) is 42.2 Å². The van der Waals surface area contributed by atoms with Gasteiger partial charge in [-0.1, -0.05) is 23.8 Å². The van der Waals surface area contributed by atoms with Crippen molar-refractivity contribution in [2.45, 2.75) is 23.6 Å². The Bertz CT molecular complexity index is 1860. The number of hydrogen-bond acceptors (Lipinski definition) is 8. The lowest BCUT2D eigenvalue weighted by Gasteiger charge is -2.26. The van der Waals surface area contributed by atoms with Gasteiger partial charge in [-0.3, -0.25) is 13.8 Å². The normalized spacial score (nSPS) is 11.4. The molecule has 0 saturated heterocycles. The maximum Gasteiger partial charge on any atom is 0.264 e. The third kappa shape index (κ3) is 7.24. The van der Waals surface area contributed by atoms with Crippen LogP contribution in [0.3, 0.4) is 0 Å². The Kier molecular flexibility index (Phi) is 9.70. The summed E-state index contributed by atoms with van der Waals surface area (Å²) in [5.41, 5.74) is 2.35. The number of anilines is 3. The van der Waals surface area contributed by atoms with Crippen LogP contribution in [0.1, 0.15) is 11.1 Å². The third-order valence-electron chi connectivity index (χ3n) is 6.60. The van der Waals surface area contributed by atoms with Gasteiger partial charge in [0.1, 0.15) is 23.8 Å². The number of carbonyl (C=O) groups excluding carboxylic acids is 1. The lowest BCUT2D eigenvalue weighted by molar-refractivity contribution is -0.114. The van der Waals surface area contributed by atoms with Crippen LogP contribution in [0.5, 0.6) is 17.2 Å². The monoisotopic (exact) mass is 639 g/mol. The summed E-state index contributed by atoms with van der Waals surface area (Å²) in [6, 6.07) is 21.4. The molecule has 0 aromatic heterocycles. The Morgan fingerprint density at radius 2 is 1.30 bits per heavy atom. The molecule has 1 amide bonds. The van der Waals surface area contributed by atoms with Gasteiger partial charge in [-0.25, -0.2) is 16.8 Å². The van der Waals surface area contributed by atoms with Crippen molar-refractivity contribution in [3.05, 3.63) is 96.1 Å². The second-order valence-corrected chi connectivity index (χ2v) is 13.3. The smallest absolute Gasteiger partial charge is 0.264 e. The summed E-state index contributed by atoms with van der Waals surface area (Å²) >= 11 is 0.